The lowest BCUT2D eigenvalue weighted by atomic mass is 10.3. The van der Waals surface area contributed by atoms with Crippen LogP contribution < -0.4 is 6.15 Å². The summed E-state index contributed by atoms with van der Waals surface area (Å²) < 4.78 is 11.0. The Morgan fingerprint density at radius 2 is 1.88 bits per heavy atom. The van der Waals surface area contributed by atoms with Crippen molar-refractivity contribution >= 4 is 24.0 Å². The molecule has 106 valence electrons. The van der Waals surface area contributed by atoms with E-state index in [1.165, 1.54) is 0 Å². The van der Waals surface area contributed by atoms with Gasteiger partial charge in [0.1, 0.15) is 6.23 Å². The van der Waals surface area contributed by atoms with Crippen LogP contribution in [-0.4, -0.2) is 75.5 Å². The van der Waals surface area contributed by atoms with Crippen LogP contribution in [0.4, 0.5) is 0 Å². The van der Waals surface area contributed by atoms with Gasteiger partial charge in [-0.05, 0) is 14.1 Å². The van der Waals surface area contributed by atoms with Crippen LogP contribution >= 0.6 is 24.0 Å². The molecular weight excluding hydrogens is 265 g/mol. The molecule has 1 aliphatic rings. The van der Waals surface area contributed by atoms with E-state index in [0.29, 0.717) is 25.7 Å². The zero-order valence-electron chi connectivity index (χ0n) is 10.7. The molecule has 1 rings (SSSR count). The third kappa shape index (κ3) is 8.15. The van der Waals surface area contributed by atoms with Gasteiger partial charge >= 0.3 is 0 Å². The Kier molecular flexibility index (Phi) is 13.3. The number of nitrogens with zero attached hydrogens (tertiary/aromatic N) is 2. The molecule has 1 heterocycles. The molecular formula is C10H25Cl2N3O2. The Hall–Kier alpha value is 0.380. The number of halogens is 2. The van der Waals surface area contributed by atoms with Crippen molar-refractivity contribution in [2.24, 2.45) is 0 Å². The first-order chi connectivity index (χ1) is 7.24. The highest BCUT2D eigenvalue weighted by Gasteiger charge is 2.22. The van der Waals surface area contributed by atoms with Gasteiger partial charge in [-0.2, -0.15) is 0 Å². The van der Waals surface area contributed by atoms with Crippen LogP contribution in [0.1, 0.15) is 0 Å². The quantitative estimate of drug-likeness (QED) is 0.585. The summed E-state index contributed by atoms with van der Waals surface area (Å²) in [5.41, 5.74) is 0. The van der Waals surface area contributed by atoms with Crippen LogP contribution in [0.5, 0.6) is 0 Å². The minimum atomic E-state index is 0. The number of hydrogen-bond donors (Lipinski definition) is 1. The number of piperazine rings is 1. The van der Waals surface area contributed by atoms with Crippen LogP contribution in [0, 0.1) is 0 Å². The van der Waals surface area contributed by atoms with Crippen LogP contribution in [0.15, 0.2) is 0 Å². The van der Waals surface area contributed by atoms with Crippen molar-refractivity contribution in [1.29, 1.82) is 0 Å². The smallest absolute Gasteiger partial charge is 0.123 e. The summed E-state index contributed by atoms with van der Waals surface area (Å²) in [6.07, 6.45) is 0.198. The molecule has 0 aromatic heterocycles. The largest absolute Gasteiger partial charge is 0.378 e. The van der Waals surface area contributed by atoms with E-state index in [-0.39, 0.29) is 24.8 Å². The van der Waals surface area contributed by atoms with Crippen molar-refractivity contribution in [2.45, 2.75) is 6.23 Å². The standard InChI is InChI=1S/C10H21ClN2O2.ClH.H3N/c1-12-4-5-13(2)10(9-12)15-8-7-14-6-3-11;;/h10H,3-9H2,1-2H3;1H;1H3. The molecule has 1 unspecified atom stereocenters. The number of rotatable bonds is 6. The zero-order chi connectivity index (χ0) is 11.1. The molecule has 0 aromatic carbocycles. The summed E-state index contributed by atoms with van der Waals surface area (Å²) in [5, 5.41) is 0. The van der Waals surface area contributed by atoms with Crippen molar-refractivity contribution in [1.82, 2.24) is 16.0 Å². The molecule has 3 N–H and O–H groups in total. The van der Waals surface area contributed by atoms with E-state index in [4.69, 9.17) is 21.1 Å². The maximum atomic E-state index is 5.73. The lowest BCUT2D eigenvalue weighted by Crippen LogP contribution is -2.51. The highest BCUT2D eigenvalue weighted by atomic mass is 35.5. The van der Waals surface area contributed by atoms with Gasteiger partial charge < -0.3 is 20.5 Å². The highest BCUT2D eigenvalue weighted by molar-refractivity contribution is 6.17. The Morgan fingerprint density at radius 1 is 1.18 bits per heavy atom. The molecule has 1 fully saturated rings. The minimum Gasteiger partial charge on any atom is -0.378 e. The van der Waals surface area contributed by atoms with Crippen LogP contribution in [0.25, 0.3) is 0 Å². The molecule has 0 radical (unpaired) electrons. The van der Waals surface area contributed by atoms with Gasteiger partial charge in [0, 0.05) is 25.5 Å². The van der Waals surface area contributed by atoms with E-state index in [1.807, 2.05) is 0 Å². The first kappa shape index (κ1) is 19.7. The van der Waals surface area contributed by atoms with Crippen LogP contribution in [0.2, 0.25) is 0 Å². The van der Waals surface area contributed by atoms with Gasteiger partial charge in [-0.25, -0.2) is 0 Å². The van der Waals surface area contributed by atoms with E-state index >= 15 is 0 Å². The fraction of sp³-hybridized carbons (Fsp3) is 1.00. The first-order valence-electron chi connectivity index (χ1n) is 5.38. The summed E-state index contributed by atoms with van der Waals surface area (Å²) in [6.45, 7) is 5.00. The molecule has 1 saturated heterocycles. The number of hydrogen-bond acceptors (Lipinski definition) is 5. The van der Waals surface area contributed by atoms with Gasteiger partial charge in [0.15, 0.2) is 0 Å². The summed E-state index contributed by atoms with van der Waals surface area (Å²) in [5.74, 6) is 0.548. The minimum absolute atomic E-state index is 0. The van der Waals surface area contributed by atoms with Crippen molar-refractivity contribution in [2.75, 3.05) is 59.4 Å². The topological polar surface area (TPSA) is 59.9 Å². The first-order valence-corrected chi connectivity index (χ1v) is 5.91. The maximum absolute atomic E-state index is 5.73. The van der Waals surface area contributed by atoms with Gasteiger partial charge in [0.05, 0.1) is 19.8 Å². The summed E-state index contributed by atoms with van der Waals surface area (Å²) in [4.78, 5) is 4.52. The second-order valence-electron chi connectivity index (χ2n) is 3.87. The molecule has 0 aliphatic carbocycles. The number of alkyl halides is 1. The molecule has 5 nitrogen and oxygen atoms in total. The van der Waals surface area contributed by atoms with Crippen LogP contribution in [-0.2, 0) is 9.47 Å². The van der Waals surface area contributed by atoms with Gasteiger partial charge in [-0.1, -0.05) is 0 Å². The van der Waals surface area contributed by atoms with Crippen molar-refractivity contribution < 1.29 is 9.47 Å². The molecule has 1 atom stereocenters. The lowest BCUT2D eigenvalue weighted by Gasteiger charge is -2.37. The molecule has 7 heteroatoms. The second-order valence-corrected chi connectivity index (χ2v) is 4.25. The number of likely N-dealkylation sites (N-methyl/N-ethyl adjacent to an activating group) is 2. The fourth-order valence-corrected chi connectivity index (χ4v) is 1.66. The van der Waals surface area contributed by atoms with Crippen molar-refractivity contribution in [3.8, 4) is 0 Å². The molecule has 0 bridgehead atoms. The molecule has 0 amide bonds. The Bertz CT molecular complexity index is 178. The fourth-order valence-electron chi connectivity index (χ4n) is 1.55. The summed E-state index contributed by atoms with van der Waals surface area (Å²) in [6, 6.07) is 0. The maximum Gasteiger partial charge on any atom is 0.123 e. The highest BCUT2D eigenvalue weighted by Crippen LogP contribution is 2.06. The molecule has 0 spiro atoms. The van der Waals surface area contributed by atoms with E-state index in [9.17, 15) is 0 Å². The third-order valence-electron chi connectivity index (χ3n) is 2.55. The predicted octanol–water partition coefficient (Wildman–Crippen LogP) is 1.05. The van der Waals surface area contributed by atoms with Gasteiger partial charge in [0.25, 0.3) is 0 Å². The normalized spacial score (nSPS) is 21.7. The van der Waals surface area contributed by atoms with Gasteiger partial charge in [0.2, 0.25) is 0 Å². The van der Waals surface area contributed by atoms with Crippen molar-refractivity contribution in [3.63, 3.8) is 0 Å². The average Bonchev–Trinajstić information content (AvgIpc) is 2.23. The average molecular weight is 290 g/mol. The summed E-state index contributed by atoms with van der Waals surface area (Å²) in [7, 11) is 4.21. The Labute approximate surface area is 115 Å². The zero-order valence-corrected chi connectivity index (χ0v) is 12.3. The second kappa shape index (κ2) is 11.5. The monoisotopic (exact) mass is 289 g/mol. The Morgan fingerprint density at radius 3 is 2.53 bits per heavy atom. The molecule has 1 aliphatic heterocycles. The van der Waals surface area contributed by atoms with E-state index < -0.39 is 0 Å². The molecule has 17 heavy (non-hydrogen) atoms. The van der Waals surface area contributed by atoms with E-state index in [1.54, 1.807) is 0 Å². The third-order valence-corrected chi connectivity index (χ3v) is 2.71. The Balaban J connectivity index is 0. The van der Waals surface area contributed by atoms with Gasteiger partial charge in [-0.3, -0.25) is 4.90 Å². The number of ether oxygens (including phenoxy) is 2. The summed E-state index contributed by atoms with van der Waals surface area (Å²) >= 11 is 5.49. The molecule has 0 saturated carbocycles. The SMILES string of the molecule is CN1CCN(C)C(OCCOCCCl)C1.Cl.N. The van der Waals surface area contributed by atoms with E-state index in [0.717, 1.165) is 19.6 Å². The predicted molar refractivity (Wildman–Crippen MR) is 73.7 cm³/mol. The van der Waals surface area contributed by atoms with Crippen LogP contribution in [0.3, 0.4) is 0 Å². The van der Waals surface area contributed by atoms with Gasteiger partial charge in [-0.15, -0.1) is 24.0 Å². The van der Waals surface area contributed by atoms with Crippen molar-refractivity contribution in [3.05, 3.63) is 0 Å². The van der Waals surface area contributed by atoms with E-state index in [2.05, 4.69) is 23.9 Å². The molecule has 0 aromatic rings. The lowest BCUT2D eigenvalue weighted by molar-refractivity contribution is -0.0971.